The van der Waals surface area contributed by atoms with Crippen molar-refractivity contribution in [2.75, 3.05) is 13.6 Å². The molecule has 0 spiro atoms. The van der Waals surface area contributed by atoms with Crippen LogP contribution in [0.3, 0.4) is 0 Å². The molecule has 0 aliphatic heterocycles. The summed E-state index contributed by atoms with van der Waals surface area (Å²) >= 11 is 0. The van der Waals surface area contributed by atoms with Crippen molar-refractivity contribution >= 4 is 5.96 Å². The maximum Gasteiger partial charge on any atom is 0.191 e. The second kappa shape index (κ2) is 5.48. The molecule has 3 unspecified atom stereocenters. The SMILES string of the molecule is CN=C(NCC(C)(O)c1cc(C)oc1C)NC1CC1C. The van der Waals surface area contributed by atoms with Gasteiger partial charge in [0.25, 0.3) is 0 Å². The largest absolute Gasteiger partial charge is 0.466 e. The first-order valence-electron chi connectivity index (χ1n) is 7.10. The minimum Gasteiger partial charge on any atom is -0.466 e. The Morgan fingerprint density at radius 1 is 1.55 bits per heavy atom. The molecule has 5 heteroatoms. The molecular weight excluding hydrogens is 254 g/mol. The average molecular weight is 279 g/mol. The lowest BCUT2D eigenvalue weighted by Gasteiger charge is -2.24. The molecule has 1 aliphatic carbocycles. The van der Waals surface area contributed by atoms with Gasteiger partial charge in [0.15, 0.2) is 5.96 Å². The van der Waals surface area contributed by atoms with Gasteiger partial charge in [-0.1, -0.05) is 6.92 Å². The molecule has 3 atom stereocenters. The minimum atomic E-state index is -0.991. The number of aliphatic imine (C=N–C) groups is 1. The fourth-order valence-corrected chi connectivity index (χ4v) is 2.41. The molecule has 1 aromatic heterocycles. The molecule has 1 fully saturated rings. The van der Waals surface area contributed by atoms with Gasteiger partial charge >= 0.3 is 0 Å². The molecule has 1 aliphatic rings. The van der Waals surface area contributed by atoms with Crippen LogP contribution < -0.4 is 10.6 Å². The van der Waals surface area contributed by atoms with Gasteiger partial charge in [0.2, 0.25) is 0 Å². The highest BCUT2D eigenvalue weighted by Crippen LogP contribution is 2.29. The number of hydrogen-bond acceptors (Lipinski definition) is 3. The maximum absolute atomic E-state index is 10.6. The number of aliphatic hydroxyl groups is 1. The molecule has 0 saturated heterocycles. The summed E-state index contributed by atoms with van der Waals surface area (Å²) in [4.78, 5) is 4.19. The van der Waals surface area contributed by atoms with Crippen LogP contribution in [-0.2, 0) is 5.60 Å². The smallest absolute Gasteiger partial charge is 0.191 e. The molecule has 5 nitrogen and oxygen atoms in total. The summed E-state index contributed by atoms with van der Waals surface area (Å²) in [6.45, 7) is 8.13. The Hall–Kier alpha value is -1.49. The first kappa shape index (κ1) is 14.9. The van der Waals surface area contributed by atoms with Gasteiger partial charge in [0.1, 0.15) is 17.1 Å². The first-order chi connectivity index (χ1) is 9.33. The Morgan fingerprint density at radius 3 is 2.65 bits per heavy atom. The van der Waals surface area contributed by atoms with E-state index in [1.54, 1.807) is 14.0 Å². The topological polar surface area (TPSA) is 69.8 Å². The number of furan rings is 1. The number of nitrogens with zero attached hydrogens (tertiary/aromatic N) is 1. The lowest BCUT2D eigenvalue weighted by Crippen LogP contribution is -2.45. The van der Waals surface area contributed by atoms with Crippen LogP contribution in [0.2, 0.25) is 0 Å². The molecule has 3 N–H and O–H groups in total. The Balaban J connectivity index is 1.95. The van der Waals surface area contributed by atoms with Gasteiger partial charge in [0.05, 0.1) is 6.54 Å². The van der Waals surface area contributed by atoms with E-state index < -0.39 is 5.60 Å². The second-order valence-electron chi connectivity index (χ2n) is 5.99. The summed E-state index contributed by atoms with van der Waals surface area (Å²) in [5, 5.41) is 17.1. The summed E-state index contributed by atoms with van der Waals surface area (Å²) in [6.07, 6.45) is 1.18. The van der Waals surface area contributed by atoms with Crippen LogP contribution in [0, 0.1) is 19.8 Å². The highest BCUT2D eigenvalue weighted by Gasteiger charge is 2.34. The van der Waals surface area contributed by atoms with Gasteiger partial charge < -0.3 is 20.2 Å². The Labute approximate surface area is 120 Å². The van der Waals surface area contributed by atoms with Crippen LogP contribution in [0.4, 0.5) is 0 Å². The predicted octanol–water partition coefficient (Wildman–Crippen LogP) is 1.68. The van der Waals surface area contributed by atoms with Gasteiger partial charge in [-0.2, -0.15) is 0 Å². The third-order valence-corrected chi connectivity index (χ3v) is 3.88. The summed E-state index contributed by atoms with van der Waals surface area (Å²) in [5.41, 5.74) is -0.174. The van der Waals surface area contributed by atoms with Crippen molar-refractivity contribution < 1.29 is 9.52 Å². The molecule has 0 aromatic carbocycles. The predicted molar refractivity (Wildman–Crippen MR) is 79.8 cm³/mol. The molecular formula is C15H25N3O2. The van der Waals surface area contributed by atoms with E-state index in [1.165, 1.54) is 6.42 Å². The third kappa shape index (κ3) is 3.33. The second-order valence-corrected chi connectivity index (χ2v) is 5.99. The molecule has 2 rings (SSSR count). The van der Waals surface area contributed by atoms with E-state index in [4.69, 9.17) is 4.42 Å². The zero-order chi connectivity index (χ0) is 14.9. The maximum atomic E-state index is 10.6. The normalized spacial score (nSPS) is 25.2. The van der Waals surface area contributed by atoms with E-state index >= 15 is 0 Å². The fraction of sp³-hybridized carbons (Fsp3) is 0.667. The Kier molecular flexibility index (Phi) is 4.09. The van der Waals surface area contributed by atoms with E-state index in [9.17, 15) is 5.11 Å². The van der Waals surface area contributed by atoms with E-state index in [2.05, 4.69) is 22.5 Å². The molecule has 1 aromatic rings. The van der Waals surface area contributed by atoms with Crippen LogP contribution in [0.15, 0.2) is 15.5 Å². The summed E-state index contributed by atoms with van der Waals surface area (Å²) in [7, 11) is 1.74. The highest BCUT2D eigenvalue weighted by atomic mass is 16.3. The molecule has 0 amide bonds. The number of nitrogens with one attached hydrogen (secondary N) is 2. The first-order valence-corrected chi connectivity index (χ1v) is 7.10. The van der Waals surface area contributed by atoms with Crippen molar-refractivity contribution in [3.8, 4) is 0 Å². The van der Waals surface area contributed by atoms with Crippen molar-refractivity contribution in [3.63, 3.8) is 0 Å². The van der Waals surface area contributed by atoms with Crippen LogP contribution in [0.5, 0.6) is 0 Å². The number of hydrogen-bond donors (Lipinski definition) is 3. The van der Waals surface area contributed by atoms with Crippen molar-refractivity contribution in [3.05, 3.63) is 23.2 Å². The molecule has 20 heavy (non-hydrogen) atoms. The summed E-state index contributed by atoms with van der Waals surface area (Å²) < 4.78 is 5.49. The van der Waals surface area contributed by atoms with Gasteiger partial charge in [0, 0.05) is 18.7 Å². The molecule has 112 valence electrons. The van der Waals surface area contributed by atoms with Gasteiger partial charge in [-0.05, 0) is 39.2 Å². The molecule has 1 heterocycles. The monoisotopic (exact) mass is 279 g/mol. The zero-order valence-corrected chi connectivity index (χ0v) is 12.9. The fourth-order valence-electron chi connectivity index (χ4n) is 2.41. The summed E-state index contributed by atoms with van der Waals surface area (Å²) in [6, 6.07) is 2.39. The van der Waals surface area contributed by atoms with Crippen molar-refractivity contribution in [1.29, 1.82) is 0 Å². The van der Waals surface area contributed by atoms with Crippen molar-refractivity contribution in [2.45, 2.75) is 45.8 Å². The number of rotatable bonds is 4. The standard InChI is InChI=1S/C15H25N3O2/c1-9-6-13(9)18-14(16-5)17-8-15(4,19)12-7-10(2)20-11(12)3/h7,9,13,19H,6,8H2,1-5H3,(H2,16,17,18). The minimum absolute atomic E-state index is 0.383. The Bertz CT molecular complexity index is 505. The molecule has 1 saturated carbocycles. The van der Waals surface area contributed by atoms with E-state index in [1.807, 2.05) is 19.9 Å². The van der Waals surface area contributed by atoms with E-state index in [0.29, 0.717) is 18.5 Å². The van der Waals surface area contributed by atoms with Crippen molar-refractivity contribution in [1.82, 2.24) is 10.6 Å². The molecule has 0 radical (unpaired) electrons. The third-order valence-electron chi connectivity index (χ3n) is 3.88. The van der Waals surface area contributed by atoms with Crippen LogP contribution in [-0.4, -0.2) is 30.7 Å². The van der Waals surface area contributed by atoms with Gasteiger partial charge in [-0.15, -0.1) is 0 Å². The lowest BCUT2D eigenvalue weighted by molar-refractivity contribution is 0.0601. The highest BCUT2D eigenvalue weighted by molar-refractivity contribution is 5.80. The van der Waals surface area contributed by atoms with Crippen LogP contribution in [0.1, 0.15) is 37.4 Å². The van der Waals surface area contributed by atoms with Crippen LogP contribution in [0.25, 0.3) is 0 Å². The van der Waals surface area contributed by atoms with Gasteiger partial charge in [-0.25, -0.2) is 0 Å². The van der Waals surface area contributed by atoms with Crippen LogP contribution >= 0.6 is 0 Å². The lowest BCUT2D eigenvalue weighted by atomic mass is 9.96. The summed E-state index contributed by atoms with van der Waals surface area (Å²) in [5.74, 6) is 3.01. The number of aryl methyl sites for hydroxylation is 2. The quantitative estimate of drug-likeness (QED) is 0.579. The van der Waals surface area contributed by atoms with E-state index in [-0.39, 0.29) is 0 Å². The van der Waals surface area contributed by atoms with Gasteiger partial charge in [-0.3, -0.25) is 4.99 Å². The van der Waals surface area contributed by atoms with Crippen molar-refractivity contribution in [2.24, 2.45) is 10.9 Å². The number of guanidine groups is 1. The molecule has 0 bridgehead atoms. The van der Waals surface area contributed by atoms with E-state index in [0.717, 1.165) is 23.0 Å². The Morgan fingerprint density at radius 2 is 2.20 bits per heavy atom. The zero-order valence-electron chi connectivity index (χ0n) is 12.9. The average Bonchev–Trinajstić information content (AvgIpc) is 2.94.